The molecule has 0 radical (unpaired) electrons. The lowest BCUT2D eigenvalue weighted by Crippen LogP contribution is -1.98. The van der Waals surface area contributed by atoms with Crippen LogP contribution in [0.2, 0.25) is 0 Å². The Balaban J connectivity index is 2.41. The van der Waals surface area contributed by atoms with Gasteiger partial charge in [0.2, 0.25) is 0 Å². The number of pyridine rings is 1. The average molecular weight is 189 g/mol. The van der Waals surface area contributed by atoms with Gasteiger partial charge in [-0.3, -0.25) is 9.78 Å². The zero-order valence-corrected chi connectivity index (χ0v) is 7.95. The third-order valence-electron chi connectivity index (χ3n) is 2.48. The second-order valence-corrected chi connectivity index (χ2v) is 3.52. The Morgan fingerprint density at radius 1 is 1.64 bits per heavy atom. The van der Waals surface area contributed by atoms with E-state index in [4.69, 9.17) is 5.11 Å². The molecular weight excluding hydrogens is 178 g/mol. The zero-order valence-electron chi connectivity index (χ0n) is 7.95. The molecule has 0 bridgehead atoms. The van der Waals surface area contributed by atoms with Crippen LogP contribution in [-0.2, 0) is 11.2 Å². The molecule has 0 aliphatic heterocycles. The van der Waals surface area contributed by atoms with E-state index in [9.17, 15) is 4.79 Å². The molecule has 0 saturated heterocycles. The lowest BCUT2D eigenvalue weighted by Gasteiger charge is -2.01. The maximum absolute atomic E-state index is 10.6. The molecule has 1 N–H and O–H groups in total. The number of nitrogens with zero attached hydrogens (tertiary/aromatic N) is 1. The van der Waals surface area contributed by atoms with E-state index in [2.05, 4.69) is 4.98 Å². The van der Waals surface area contributed by atoms with Gasteiger partial charge < -0.3 is 5.11 Å². The van der Waals surface area contributed by atoms with E-state index >= 15 is 0 Å². The molecule has 0 atom stereocenters. The van der Waals surface area contributed by atoms with Gasteiger partial charge in [0, 0.05) is 6.20 Å². The molecule has 72 valence electrons. The van der Waals surface area contributed by atoms with E-state index in [1.165, 1.54) is 0 Å². The average Bonchev–Trinajstić information content (AvgIpc) is 2.43. The molecule has 14 heavy (non-hydrogen) atoms. The first-order valence-corrected chi connectivity index (χ1v) is 4.53. The Morgan fingerprint density at radius 3 is 3.14 bits per heavy atom. The monoisotopic (exact) mass is 189 g/mol. The largest absolute Gasteiger partial charge is 0.481 e. The van der Waals surface area contributed by atoms with Crippen molar-refractivity contribution in [1.82, 2.24) is 4.98 Å². The van der Waals surface area contributed by atoms with E-state index in [-0.39, 0.29) is 6.42 Å². The van der Waals surface area contributed by atoms with Crippen LogP contribution in [0.15, 0.2) is 23.9 Å². The molecule has 1 aromatic rings. The minimum Gasteiger partial charge on any atom is -0.481 e. The Hall–Kier alpha value is -1.64. The van der Waals surface area contributed by atoms with E-state index in [0.717, 1.165) is 28.8 Å². The molecule has 0 fully saturated rings. The van der Waals surface area contributed by atoms with Crippen molar-refractivity contribution in [3.63, 3.8) is 0 Å². The molecule has 1 aliphatic rings. The number of hydrogen-bond acceptors (Lipinski definition) is 2. The number of allylic oxidation sites excluding steroid dienone is 1. The van der Waals surface area contributed by atoms with Gasteiger partial charge in [-0.1, -0.05) is 11.6 Å². The van der Waals surface area contributed by atoms with Gasteiger partial charge in [-0.05, 0) is 30.5 Å². The smallest absolute Gasteiger partial charge is 0.307 e. The summed E-state index contributed by atoms with van der Waals surface area (Å²) in [7, 11) is 0. The Bertz CT molecular complexity index is 421. The van der Waals surface area contributed by atoms with Crippen LogP contribution >= 0.6 is 0 Å². The molecule has 1 aromatic heterocycles. The van der Waals surface area contributed by atoms with Crippen molar-refractivity contribution in [2.75, 3.05) is 0 Å². The fourth-order valence-corrected chi connectivity index (χ4v) is 1.83. The molecule has 0 aromatic carbocycles. The highest BCUT2D eigenvalue weighted by Crippen LogP contribution is 2.32. The number of fused-ring (bicyclic) bond motifs is 1. The van der Waals surface area contributed by atoms with Crippen LogP contribution in [0.4, 0.5) is 0 Å². The number of carbonyl (C=O) groups is 1. The Kier molecular flexibility index (Phi) is 2.08. The van der Waals surface area contributed by atoms with Gasteiger partial charge in [-0.25, -0.2) is 0 Å². The van der Waals surface area contributed by atoms with Crippen molar-refractivity contribution in [1.29, 1.82) is 0 Å². The Morgan fingerprint density at radius 2 is 2.43 bits per heavy atom. The molecule has 0 spiro atoms. The van der Waals surface area contributed by atoms with Gasteiger partial charge in [0.05, 0.1) is 12.1 Å². The van der Waals surface area contributed by atoms with Crippen molar-refractivity contribution in [2.24, 2.45) is 0 Å². The molecule has 0 unspecified atom stereocenters. The fraction of sp³-hybridized carbons (Fsp3) is 0.273. The summed E-state index contributed by atoms with van der Waals surface area (Å²) in [5.41, 5.74) is 4.02. The number of carboxylic acids is 1. The first kappa shape index (κ1) is 8.94. The topological polar surface area (TPSA) is 50.2 Å². The van der Waals surface area contributed by atoms with E-state index in [0.29, 0.717) is 0 Å². The summed E-state index contributed by atoms with van der Waals surface area (Å²) in [6, 6.07) is 3.89. The SMILES string of the molecule is CC1=C(CC(=O)O)c2ncccc2C1. The third kappa shape index (κ3) is 1.41. The van der Waals surface area contributed by atoms with Crippen molar-refractivity contribution >= 4 is 11.5 Å². The van der Waals surface area contributed by atoms with Crippen molar-refractivity contribution < 1.29 is 9.90 Å². The van der Waals surface area contributed by atoms with Crippen molar-refractivity contribution in [3.8, 4) is 0 Å². The number of rotatable bonds is 2. The summed E-state index contributed by atoms with van der Waals surface area (Å²) in [5, 5.41) is 8.76. The van der Waals surface area contributed by atoms with Crippen LogP contribution in [0.3, 0.4) is 0 Å². The molecule has 1 heterocycles. The summed E-state index contributed by atoms with van der Waals surface area (Å²) in [5.74, 6) is -0.794. The van der Waals surface area contributed by atoms with Crippen molar-refractivity contribution in [3.05, 3.63) is 35.2 Å². The third-order valence-corrected chi connectivity index (χ3v) is 2.48. The molecule has 2 rings (SSSR count). The number of aromatic nitrogens is 1. The summed E-state index contributed by atoms with van der Waals surface area (Å²) >= 11 is 0. The Labute approximate surface area is 82.1 Å². The first-order valence-electron chi connectivity index (χ1n) is 4.53. The predicted molar refractivity (Wildman–Crippen MR) is 52.8 cm³/mol. The summed E-state index contributed by atoms with van der Waals surface area (Å²) in [6.45, 7) is 1.97. The van der Waals surface area contributed by atoms with Crippen LogP contribution < -0.4 is 0 Å². The number of aliphatic carboxylic acids is 1. The lowest BCUT2D eigenvalue weighted by atomic mass is 10.1. The minimum absolute atomic E-state index is 0.0792. The highest BCUT2D eigenvalue weighted by molar-refractivity contribution is 5.87. The van der Waals surface area contributed by atoms with Crippen LogP contribution in [-0.4, -0.2) is 16.1 Å². The quantitative estimate of drug-likeness (QED) is 0.772. The van der Waals surface area contributed by atoms with Gasteiger partial charge in [-0.2, -0.15) is 0 Å². The molecule has 0 amide bonds. The second-order valence-electron chi connectivity index (χ2n) is 3.52. The number of carboxylic acid groups (broad SMARTS) is 1. The van der Waals surface area contributed by atoms with Crippen LogP contribution in [0.5, 0.6) is 0 Å². The standard InChI is InChI=1S/C11H11NO2/c1-7-5-8-3-2-4-12-11(8)9(7)6-10(13)14/h2-4H,5-6H2,1H3,(H,13,14). The summed E-state index contributed by atoms with van der Waals surface area (Å²) in [6.07, 6.45) is 2.63. The second kappa shape index (κ2) is 3.25. The first-order chi connectivity index (χ1) is 6.68. The van der Waals surface area contributed by atoms with E-state index in [1.54, 1.807) is 6.20 Å². The van der Waals surface area contributed by atoms with Crippen LogP contribution in [0, 0.1) is 0 Å². The zero-order chi connectivity index (χ0) is 10.1. The molecule has 1 aliphatic carbocycles. The summed E-state index contributed by atoms with van der Waals surface area (Å²) < 4.78 is 0. The van der Waals surface area contributed by atoms with Crippen LogP contribution in [0.25, 0.3) is 5.57 Å². The fourth-order valence-electron chi connectivity index (χ4n) is 1.83. The molecule has 0 saturated carbocycles. The highest BCUT2D eigenvalue weighted by Gasteiger charge is 2.21. The summed E-state index contributed by atoms with van der Waals surface area (Å²) in [4.78, 5) is 14.9. The normalized spacial score (nSPS) is 14.4. The lowest BCUT2D eigenvalue weighted by molar-refractivity contribution is -0.135. The van der Waals surface area contributed by atoms with Gasteiger partial charge in [0.1, 0.15) is 0 Å². The molecule has 3 nitrogen and oxygen atoms in total. The van der Waals surface area contributed by atoms with Gasteiger partial charge in [0.25, 0.3) is 0 Å². The molecular formula is C11H11NO2. The van der Waals surface area contributed by atoms with E-state index < -0.39 is 5.97 Å². The van der Waals surface area contributed by atoms with Gasteiger partial charge in [-0.15, -0.1) is 0 Å². The van der Waals surface area contributed by atoms with E-state index in [1.807, 2.05) is 19.1 Å². The predicted octanol–water partition coefficient (Wildman–Crippen LogP) is 1.89. The molecule has 3 heteroatoms. The van der Waals surface area contributed by atoms with Crippen LogP contribution in [0.1, 0.15) is 24.6 Å². The maximum atomic E-state index is 10.6. The highest BCUT2D eigenvalue weighted by atomic mass is 16.4. The van der Waals surface area contributed by atoms with Gasteiger partial charge in [0.15, 0.2) is 0 Å². The number of hydrogen-bond donors (Lipinski definition) is 1. The minimum atomic E-state index is -0.794. The maximum Gasteiger partial charge on any atom is 0.307 e. The van der Waals surface area contributed by atoms with Gasteiger partial charge >= 0.3 is 5.97 Å². The van der Waals surface area contributed by atoms with Crippen molar-refractivity contribution in [2.45, 2.75) is 19.8 Å².